The van der Waals surface area contributed by atoms with Crippen molar-refractivity contribution in [2.24, 2.45) is 11.1 Å². The third-order valence-electron chi connectivity index (χ3n) is 4.48. The molecule has 6 heteroatoms. The van der Waals surface area contributed by atoms with Gasteiger partial charge in [-0.25, -0.2) is 4.79 Å². The molecule has 2 aliphatic heterocycles. The molecule has 2 saturated heterocycles. The molecule has 2 aliphatic rings. The van der Waals surface area contributed by atoms with Crippen molar-refractivity contribution in [2.45, 2.75) is 45.7 Å². The van der Waals surface area contributed by atoms with Crippen LogP contribution in [0.25, 0.3) is 0 Å². The lowest BCUT2D eigenvalue weighted by Gasteiger charge is -2.42. The van der Waals surface area contributed by atoms with Crippen molar-refractivity contribution in [3.05, 3.63) is 0 Å². The van der Waals surface area contributed by atoms with Crippen LogP contribution in [-0.2, 0) is 4.79 Å². The highest BCUT2D eigenvalue weighted by Gasteiger charge is 2.44. The van der Waals surface area contributed by atoms with Gasteiger partial charge in [-0.15, -0.1) is 0 Å². The first-order valence-corrected chi connectivity index (χ1v) is 7.25. The number of nitrogens with zero attached hydrogens (tertiary/aromatic N) is 2. The maximum absolute atomic E-state index is 12.1. The zero-order valence-corrected chi connectivity index (χ0v) is 12.9. The first-order chi connectivity index (χ1) is 9.13. The van der Waals surface area contributed by atoms with Gasteiger partial charge < -0.3 is 16.0 Å². The Labute approximate surface area is 120 Å². The van der Waals surface area contributed by atoms with Gasteiger partial charge in [-0.2, -0.15) is 0 Å². The molecule has 1 unspecified atom stereocenters. The summed E-state index contributed by atoms with van der Waals surface area (Å²) in [6.45, 7) is 10.8. The van der Waals surface area contributed by atoms with Crippen LogP contribution in [0.3, 0.4) is 0 Å². The quantitative estimate of drug-likeness (QED) is 0.733. The molecule has 0 aromatic heterocycles. The van der Waals surface area contributed by atoms with Gasteiger partial charge in [-0.05, 0) is 32.2 Å². The molecule has 114 valence electrons. The number of imide groups is 1. The zero-order chi connectivity index (χ0) is 15.1. The standard InChI is InChI=1S/C14H26N4O2/c1-13(2)9-17(6-5-10(13)15)7-8-18-11(19)14(3,4)16-12(18)20/h10H,5-9,15H2,1-4H3,(H,16,20). The van der Waals surface area contributed by atoms with E-state index in [2.05, 4.69) is 24.1 Å². The summed E-state index contributed by atoms with van der Waals surface area (Å²) >= 11 is 0. The Hall–Kier alpha value is -1.14. The van der Waals surface area contributed by atoms with E-state index in [0.717, 1.165) is 19.5 Å². The molecule has 0 aromatic carbocycles. The summed E-state index contributed by atoms with van der Waals surface area (Å²) in [7, 11) is 0. The Morgan fingerprint density at radius 3 is 2.40 bits per heavy atom. The van der Waals surface area contributed by atoms with E-state index >= 15 is 0 Å². The second-order valence-electron chi connectivity index (χ2n) is 7.17. The van der Waals surface area contributed by atoms with Gasteiger partial charge in [-0.3, -0.25) is 9.69 Å². The number of likely N-dealkylation sites (tertiary alicyclic amines) is 1. The van der Waals surface area contributed by atoms with Gasteiger partial charge in [0.15, 0.2) is 0 Å². The fourth-order valence-corrected chi connectivity index (χ4v) is 2.94. The molecule has 3 N–H and O–H groups in total. The van der Waals surface area contributed by atoms with Crippen molar-refractivity contribution in [1.29, 1.82) is 0 Å². The van der Waals surface area contributed by atoms with Crippen LogP contribution in [-0.4, -0.2) is 59.5 Å². The maximum Gasteiger partial charge on any atom is 0.325 e. The van der Waals surface area contributed by atoms with Gasteiger partial charge in [-0.1, -0.05) is 13.8 Å². The number of hydrogen-bond donors (Lipinski definition) is 2. The molecule has 2 heterocycles. The van der Waals surface area contributed by atoms with Crippen LogP contribution in [0.1, 0.15) is 34.1 Å². The molecular formula is C14H26N4O2. The third kappa shape index (κ3) is 2.81. The predicted octanol–water partition coefficient (Wildman–Crippen LogP) is 0.376. The van der Waals surface area contributed by atoms with Gasteiger partial charge in [0.05, 0.1) is 0 Å². The van der Waals surface area contributed by atoms with Crippen molar-refractivity contribution < 1.29 is 9.59 Å². The molecule has 0 saturated carbocycles. The normalized spacial score (nSPS) is 29.6. The Kier molecular flexibility index (Phi) is 3.81. The first kappa shape index (κ1) is 15.3. The van der Waals surface area contributed by atoms with E-state index in [9.17, 15) is 9.59 Å². The number of piperidine rings is 1. The smallest absolute Gasteiger partial charge is 0.325 e. The summed E-state index contributed by atoms with van der Waals surface area (Å²) in [6.07, 6.45) is 0.957. The number of rotatable bonds is 3. The van der Waals surface area contributed by atoms with Crippen LogP contribution in [0.4, 0.5) is 4.79 Å². The number of amides is 3. The number of nitrogens with one attached hydrogen (secondary N) is 1. The number of carbonyl (C=O) groups excluding carboxylic acids is 2. The Morgan fingerprint density at radius 2 is 1.90 bits per heavy atom. The van der Waals surface area contributed by atoms with Crippen LogP contribution < -0.4 is 11.1 Å². The molecule has 2 rings (SSSR count). The molecule has 3 amide bonds. The number of hydrogen-bond acceptors (Lipinski definition) is 4. The van der Waals surface area contributed by atoms with Crippen LogP contribution in [0.2, 0.25) is 0 Å². The molecule has 20 heavy (non-hydrogen) atoms. The molecule has 0 radical (unpaired) electrons. The highest BCUT2D eigenvalue weighted by molar-refractivity contribution is 6.06. The fourth-order valence-electron chi connectivity index (χ4n) is 2.94. The lowest BCUT2D eigenvalue weighted by molar-refractivity contribution is -0.130. The van der Waals surface area contributed by atoms with Crippen LogP contribution in [0.15, 0.2) is 0 Å². The average molecular weight is 282 g/mol. The van der Waals surface area contributed by atoms with Gasteiger partial charge in [0, 0.05) is 25.7 Å². The SMILES string of the molecule is CC1(C)NC(=O)N(CCN2CCC(N)C(C)(C)C2)C1=O. The summed E-state index contributed by atoms with van der Waals surface area (Å²) < 4.78 is 0. The summed E-state index contributed by atoms with van der Waals surface area (Å²) in [4.78, 5) is 27.5. The Balaban J connectivity index is 1.90. The highest BCUT2D eigenvalue weighted by Crippen LogP contribution is 2.27. The number of carbonyl (C=O) groups is 2. The van der Waals surface area contributed by atoms with Crippen molar-refractivity contribution >= 4 is 11.9 Å². The lowest BCUT2D eigenvalue weighted by Crippen LogP contribution is -2.53. The van der Waals surface area contributed by atoms with Crippen molar-refractivity contribution in [3.8, 4) is 0 Å². The Bertz CT molecular complexity index is 419. The second kappa shape index (κ2) is 5.00. The van der Waals surface area contributed by atoms with E-state index in [1.807, 2.05) is 0 Å². The highest BCUT2D eigenvalue weighted by atomic mass is 16.2. The minimum absolute atomic E-state index is 0.0782. The summed E-state index contributed by atoms with van der Waals surface area (Å²) in [5.74, 6) is -0.143. The van der Waals surface area contributed by atoms with Gasteiger partial charge in [0.1, 0.15) is 5.54 Å². The molecule has 0 bridgehead atoms. The summed E-state index contributed by atoms with van der Waals surface area (Å²) in [5.41, 5.74) is 5.42. The summed E-state index contributed by atoms with van der Waals surface area (Å²) in [6, 6.07) is -0.0672. The van der Waals surface area contributed by atoms with Gasteiger partial charge >= 0.3 is 6.03 Å². The Morgan fingerprint density at radius 1 is 1.25 bits per heavy atom. The molecule has 1 atom stereocenters. The second-order valence-corrected chi connectivity index (χ2v) is 7.17. The minimum Gasteiger partial charge on any atom is -0.327 e. The molecule has 0 aliphatic carbocycles. The lowest BCUT2D eigenvalue weighted by atomic mass is 9.80. The van der Waals surface area contributed by atoms with E-state index < -0.39 is 5.54 Å². The van der Waals surface area contributed by atoms with Crippen LogP contribution >= 0.6 is 0 Å². The van der Waals surface area contributed by atoms with E-state index in [4.69, 9.17) is 5.73 Å². The third-order valence-corrected chi connectivity index (χ3v) is 4.48. The van der Waals surface area contributed by atoms with Gasteiger partial charge in [0.25, 0.3) is 5.91 Å². The monoisotopic (exact) mass is 282 g/mol. The molecule has 0 aromatic rings. The largest absolute Gasteiger partial charge is 0.327 e. The van der Waals surface area contributed by atoms with Crippen molar-refractivity contribution in [1.82, 2.24) is 15.1 Å². The predicted molar refractivity (Wildman–Crippen MR) is 77.1 cm³/mol. The van der Waals surface area contributed by atoms with Crippen molar-refractivity contribution in [2.75, 3.05) is 26.2 Å². The molecule has 2 fully saturated rings. The minimum atomic E-state index is -0.777. The number of urea groups is 1. The molecular weight excluding hydrogens is 256 g/mol. The fraction of sp³-hybridized carbons (Fsp3) is 0.857. The first-order valence-electron chi connectivity index (χ1n) is 7.25. The topological polar surface area (TPSA) is 78.7 Å². The maximum atomic E-state index is 12.1. The zero-order valence-electron chi connectivity index (χ0n) is 12.9. The van der Waals surface area contributed by atoms with E-state index in [1.165, 1.54) is 4.90 Å². The number of nitrogens with two attached hydrogens (primary N) is 1. The van der Waals surface area contributed by atoms with Crippen LogP contribution in [0.5, 0.6) is 0 Å². The van der Waals surface area contributed by atoms with E-state index in [1.54, 1.807) is 13.8 Å². The van der Waals surface area contributed by atoms with E-state index in [-0.39, 0.29) is 23.4 Å². The summed E-state index contributed by atoms with van der Waals surface area (Å²) in [5, 5.41) is 2.70. The van der Waals surface area contributed by atoms with E-state index in [0.29, 0.717) is 13.1 Å². The van der Waals surface area contributed by atoms with Gasteiger partial charge in [0.2, 0.25) is 0 Å². The average Bonchev–Trinajstić information content (AvgIpc) is 2.51. The molecule has 6 nitrogen and oxygen atoms in total. The molecule has 0 spiro atoms. The van der Waals surface area contributed by atoms with Crippen LogP contribution in [0, 0.1) is 5.41 Å². The van der Waals surface area contributed by atoms with Crippen molar-refractivity contribution in [3.63, 3.8) is 0 Å².